The fraction of sp³-hybridized carbons (Fsp3) is 0.200. The molecule has 0 saturated heterocycles. The molecule has 2 nitrogen and oxygen atoms in total. The van der Waals surface area contributed by atoms with Crippen LogP contribution < -0.4 is 4.74 Å². The topological polar surface area (TPSA) is 29.5 Å². The van der Waals surface area contributed by atoms with Crippen molar-refractivity contribution in [3.63, 3.8) is 0 Å². The number of methoxy groups -OCH3 is 1. The van der Waals surface area contributed by atoms with Gasteiger partial charge in [-0.2, -0.15) is 0 Å². The van der Waals surface area contributed by atoms with Gasteiger partial charge in [-0.15, -0.1) is 0 Å². The molecule has 0 aliphatic heterocycles. The van der Waals surface area contributed by atoms with E-state index in [0.717, 1.165) is 26.9 Å². The highest BCUT2D eigenvalue weighted by atomic mass is 79.9. The van der Waals surface area contributed by atoms with Crippen molar-refractivity contribution in [2.45, 2.75) is 13.0 Å². The average molecular weight is 342 g/mol. The summed E-state index contributed by atoms with van der Waals surface area (Å²) in [6.07, 6.45) is -0.707. The average Bonchev–Trinajstić information content (AvgIpc) is 2.36. The zero-order valence-electron chi connectivity index (χ0n) is 10.7. The Hall–Kier alpha value is -1.03. The van der Waals surface area contributed by atoms with E-state index in [1.807, 2.05) is 31.2 Å². The standard InChI is InChI=1S/C15H14BrClO2/c1-9-5-13(19-2)3-4-14(9)15(18)10-6-11(16)8-12(17)7-10/h3-8,15,18H,1-2H3. The second-order valence-electron chi connectivity index (χ2n) is 4.33. The molecule has 1 N–H and O–H groups in total. The lowest BCUT2D eigenvalue weighted by Crippen LogP contribution is -2.02. The predicted molar refractivity (Wildman–Crippen MR) is 80.9 cm³/mol. The minimum absolute atomic E-state index is 0.592. The molecule has 100 valence electrons. The van der Waals surface area contributed by atoms with E-state index in [1.165, 1.54) is 0 Å². The number of rotatable bonds is 3. The van der Waals surface area contributed by atoms with Gasteiger partial charge in [0.15, 0.2) is 0 Å². The number of halogens is 2. The fourth-order valence-corrected chi connectivity index (χ4v) is 2.88. The lowest BCUT2D eigenvalue weighted by atomic mass is 9.97. The van der Waals surface area contributed by atoms with Crippen molar-refractivity contribution in [2.24, 2.45) is 0 Å². The van der Waals surface area contributed by atoms with Crippen LogP contribution in [0.4, 0.5) is 0 Å². The molecule has 19 heavy (non-hydrogen) atoms. The fourth-order valence-electron chi connectivity index (χ4n) is 1.99. The summed E-state index contributed by atoms with van der Waals surface area (Å²) in [7, 11) is 1.62. The second-order valence-corrected chi connectivity index (χ2v) is 5.68. The number of hydrogen-bond acceptors (Lipinski definition) is 2. The molecule has 0 bridgehead atoms. The van der Waals surface area contributed by atoms with Gasteiger partial charge < -0.3 is 9.84 Å². The molecule has 4 heteroatoms. The maximum atomic E-state index is 10.5. The highest BCUT2D eigenvalue weighted by Crippen LogP contribution is 2.30. The summed E-state index contributed by atoms with van der Waals surface area (Å²) >= 11 is 9.39. The van der Waals surface area contributed by atoms with E-state index in [9.17, 15) is 5.11 Å². The number of aryl methyl sites for hydroxylation is 1. The van der Waals surface area contributed by atoms with Crippen molar-refractivity contribution in [1.82, 2.24) is 0 Å². The summed E-state index contributed by atoms with van der Waals surface area (Å²) in [5, 5.41) is 11.1. The number of aliphatic hydroxyl groups excluding tert-OH is 1. The normalized spacial score (nSPS) is 12.3. The molecular formula is C15H14BrClO2. The maximum absolute atomic E-state index is 10.5. The molecule has 2 rings (SSSR count). The Morgan fingerprint density at radius 1 is 1.21 bits per heavy atom. The third-order valence-corrected chi connectivity index (χ3v) is 3.65. The van der Waals surface area contributed by atoms with Crippen LogP contribution in [0.15, 0.2) is 40.9 Å². The van der Waals surface area contributed by atoms with Gasteiger partial charge in [0.05, 0.1) is 7.11 Å². The Morgan fingerprint density at radius 3 is 2.53 bits per heavy atom. The van der Waals surface area contributed by atoms with Gasteiger partial charge >= 0.3 is 0 Å². The lowest BCUT2D eigenvalue weighted by Gasteiger charge is -2.15. The van der Waals surface area contributed by atoms with Crippen molar-refractivity contribution in [3.8, 4) is 5.75 Å². The summed E-state index contributed by atoms with van der Waals surface area (Å²) in [5.41, 5.74) is 2.57. The van der Waals surface area contributed by atoms with E-state index in [0.29, 0.717) is 5.02 Å². The van der Waals surface area contributed by atoms with E-state index in [-0.39, 0.29) is 0 Å². The molecule has 2 aromatic carbocycles. The number of hydrogen-bond donors (Lipinski definition) is 1. The molecule has 0 heterocycles. The van der Waals surface area contributed by atoms with Crippen molar-refractivity contribution in [1.29, 1.82) is 0 Å². The van der Waals surface area contributed by atoms with Crippen LogP contribution in [0.5, 0.6) is 5.75 Å². The molecule has 1 unspecified atom stereocenters. The number of ether oxygens (including phenoxy) is 1. The summed E-state index contributed by atoms with van der Waals surface area (Å²) in [5.74, 6) is 0.778. The van der Waals surface area contributed by atoms with Crippen molar-refractivity contribution >= 4 is 27.5 Å². The Kier molecular flexibility index (Phi) is 4.50. The lowest BCUT2D eigenvalue weighted by molar-refractivity contribution is 0.219. The molecule has 2 aromatic rings. The summed E-state index contributed by atoms with van der Waals surface area (Å²) < 4.78 is 6.01. The third kappa shape index (κ3) is 3.30. The zero-order valence-corrected chi connectivity index (χ0v) is 13.0. The summed E-state index contributed by atoms with van der Waals surface area (Å²) in [6.45, 7) is 1.95. The van der Waals surface area contributed by atoms with E-state index in [2.05, 4.69) is 15.9 Å². The van der Waals surface area contributed by atoms with Gasteiger partial charge in [-0.1, -0.05) is 33.6 Å². The van der Waals surface area contributed by atoms with Crippen molar-refractivity contribution < 1.29 is 9.84 Å². The molecule has 0 spiro atoms. The molecule has 0 fully saturated rings. The van der Waals surface area contributed by atoms with Crippen LogP contribution in [0, 0.1) is 6.92 Å². The van der Waals surface area contributed by atoms with Crippen LogP contribution in [-0.2, 0) is 0 Å². The minimum Gasteiger partial charge on any atom is -0.497 e. The Bertz CT molecular complexity index is 578. The number of benzene rings is 2. The van der Waals surface area contributed by atoms with Gasteiger partial charge in [0.25, 0.3) is 0 Å². The largest absolute Gasteiger partial charge is 0.497 e. The van der Waals surface area contributed by atoms with E-state index in [4.69, 9.17) is 16.3 Å². The van der Waals surface area contributed by atoms with Crippen LogP contribution in [-0.4, -0.2) is 12.2 Å². The summed E-state index contributed by atoms with van der Waals surface area (Å²) in [4.78, 5) is 0. The van der Waals surface area contributed by atoms with Crippen LogP contribution in [0.25, 0.3) is 0 Å². The molecule has 0 amide bonds. The summed E-state index contributed by atoms with van der Waals surface area (Å²) in [6, 6.07) is 11.0. The van der Waals surface area contributed by atoms with E-state index < -0.39 is 6.10 Å². The predicted octanol–water partition coefficient (Wildman–Crippen LogP) is 4.50. The van der Waals surface area contributed by atoms with Crippen LogP contribution in [0.1, 0.15) is 22.8 Å². The Balaban J connectivity index is 2.40. The molecule has 0 aliphatic rings. The van der Waals surface area contributed by atoms with Gasteiger partial charge in [-0.05, 0) is 53.9 Å². The monoisotopic (exact) mass is 340 g/mol. The molecule has 0 saturated carbocycles. The molecule has 0 aliphatic carbocycles. The molecule has 0 radical (unpaired) electrons. The van der Waals surface area contributed by atoms with Gasteiger partial charge in [0, 0.05) is 9.50 Å². The first-order valence-electron chi connectivity index (χ1n) is 5.80. The van der Waals surface area contributed by atoms with E-state index >= 15 is 0 Å². The molecule has 1 atom stereocenters. The van der Waals surface area contributed by atoms with Crippen molar-refractivity contribution in [3.05, 3.63) is 62.6 Å². The third-order valence-electron chi connectivity index (χ3n) is 2.97. The SMILES string of the molecule is COc1ccc(C(O)c2cc(Cl)cc(Br)c2)c(C)c1. The minimum atomic E-state index is -0.707. The van der Waals surface area contributed by atoms with E-state index in [1.54, 1.807) is 19.2 Å². The Labute approximate surface area is 126 Å². The van der Waals surface area contributed by atoms with Gasteiger partial charge in [0.1, 0.15) is 11.9 Å². The van der Waals surface area contributed by atoms with Crippen molar-refractivity contribution in [2.75, 3.05) is 7.11 Å². The zero-order chi connectivity index (χ0) is 14.0. The second kappa shape index (κ2) is 5.95. The Morgan fingerprint density at radius 2 is 1.95 bits per heavy atom. The first-order valence-corrected chi connectivity index (χ1v) is 6.97. The first-order chi connectivity index (χ1) is 9.01. The highest BCUT2D eigenvalue weighted by molar-refractivity contribution is 9.10. The molecule has 0 aromatic heterocycles. The smallest absolute Gasteiger partial charge is 0.119 e. The first kappa shape index (κ1) is 14.4. The van der Waals surface area contributed by atoms with Crippen LogP contribution in [0.2, 0.25) is 5.02 Å². The van der Waals surface area contributed by atoms with Crippen LogP contribution >= 0.6 is 27.5 Å². The van der Waals surface area contributed by atoms with Gasteiger partial charge in [-0.25, -0.2) is 0 Å². The molecular weight excluding hydrogens is 328 g/mol. The highest BCUT2D eigenvalue weighted by Gasteiger charge is 2.14. The van der Waals surface area contributed by atoms with Gasteiger partial charge in [-0.3, -0.25) is 0 Å². The van der Waals surface area contributed by atoms with Crippen LogP contribution in [0.3, 0.4) is 0 Å². The maximum Gasteiger partial charge on any atom is 0.119 e. The quantitative estimate of drug-likeness (QED) is 0.890. The van der Waals surface area contributed by atoms with Gasteiger partial charge in [0.2, 0.25) is 0 Å². The number of aliphatic hydroxyl groups is 1.